The summed E-state index contributed by atoms with van der Waals surface area (Å²) in [5, 5.41) is 6.59. The zero-order valence-corrected chi connectivity index (χ0v) is 12.8. The second-order valence-electron chi connectivity index (χ2n) is 4.74. The Kier molecular flexibility index (Phi) is 5.51. The monoisotopic (exact) mass is 286 g/mol. The molecule has 0 bridgehead atoms. The average molecular weight is 286 g/mol. The minimum Gasteiger partial charge on any atom is -0.384 e. The molecule has 0 radical (unpaired) electrons. The number of hydrogen-bond donors (Lipinski definition) is 2. The molecule has 2 N–H and O–H groups in total. The maximum absolute atomic E-state index is 5.16. The lowest BCUT2D eigenvalue weighted by molar-refractivity contribution is 0.202. The number of aromatic nitrogens is 2. The van der Waals surface area contributed by atoms with E-state index in [1.807, 2.05) is 32.0 Å². The van der Waals surface area contributed by atoms with Crippen molar-refractivity contribution in [1.29, 1.82) is 0 Å². The van der Waals surface area contributed by atoms with Gasteiger partial charge in [-0.3, -0.25) is 0 Å². The molecular formula is C16H22N4O. The second-order valence-corrected chi connectivity index (χ2v) is 4.74. The van der Waals surface area contributed by atoms with Gasteiger partial charge in [-0.1, -0.05) is 18.2 Å². The highest BCUT2D eigenvalue weighted by Gasteiger charge is 2.05. The maximum Gasteiger partial charge on any atom is 0.136 e. The molecule has 1 aromatic heterocycles. The van der Waals surface area contributed by atoms with E-state index in [9.17, 15) is 0 Å². The first-order valence-electron chi connectivity index (χ1n) is 7.16. The van der Waals surface area contributed by atoms with Crippen molar-refractivity contribution in [3.8, 4) is 0 Å². The van der Waals surface area contributed by atoms with E-state index in [2.05, 4.69) is 32.7 Å². The lowest BCUT2D eigenvalue weighted by Gasteiger charge is -2.13. The van der Waals surface area contributed by atoms with E-state index in [-0.39, 0.29) is 0 Å². The Hall–Kier alpha value is -2.14. The van der Waals surface area contributed by atoms with Gasteiger partial charge in [-0.2, -0.15) is 0 Å². The van der Waals surface area contributed by atoms with Gasteiger partial charge in [0.15, 0.2) is 0 Å². The molecule has 0 saturated heterocycles. The lowest BCUT2D eigenvalue weighted by atomic mass is 10.1. The van der Waals surface area contributed by atoms with E-state index in [0.717, 1.165) is 36.1 Å². The van der Waals surface area contributed by atoms with Crippen LogP contribution in [0.15, 0.2) is 30.3 Å². The molecule has 0 aliphatic rings. The van der Waals surface area contributed by atoms with E-state index >= 15 is 0 Å². The second kappa shape index (κ2) is 7.59. The molecular weight excluding hydrogens is 264 g/mol. The first kappa shape index (κ1) is 15.3. The van der Waals surface area contributed by atoms with Gasteiger partial charge < -0.3 is 15.4 Å². The maximum atomic E-state index is 5.16. The number of ether oxygens (including phenoxy) is 1. The van der Waals surface area contributed by atoms with Crippen LogP contribution in [0, 0.1) is 6.92 Å². The predicted octanol–water partition coefficient (Wildman–Crippen LogP) is 3.15. The third kappa shape index (κ3) is 4.43. The molecule has 0 spiro atoms. The van der Waals surface area contributed by atoms with Crippen LogP contribution in [0.3, 0.4) is 0 Å². The van der Waals surface area contributed by atoms with Gasteiger partial charge in [0.05, 0.1) is 6.61 Å². The molecule has 0 atom stereocenters. The summed E-state index contributed by atoms with van der Waals surface area (Å²) in [5.41, 5.74) is 2.26. The number of rotatable bonds is 7. The number of methoxy groups -OCH3 is 1. The molecule has 112 valence electrons. The fraction of sp³-hybridized carbons (Fsp3) is 0.375. The lowest BCUT2D eigenvalue weighted by Crippen LogP contribution is -2.05. The van der Waals surface area contributed by atoms with Gasteiger partial charge in [-0.05, 0) is 31.9 Å². The van der Waals surface area contributed by atoms with Crippen LogP contribution in [-0.4, -0.2) is 30.2 Å². The summed E-state index contributed by atoms with van der Waals surface area (Å²) in [6.45, 7) is 5.47. The zero-order valence-electron chi connectivity index (χ0n) is 12.8. The quantitative estimate of drug-likeness (QED) is 0.819. The Morgan fingerprint density at radius 1 is 1.14 bits per heavy atom. The van der Waals surface area contributed by atoms with Crippen molar-refractivity contribution in [3.63, 3.8) is 0 Å². The smallest absolute Gasteiger partial charge is 0.136 e. The Morgan fingerprint density at radius 2 is 1.90 bits per heavy atom. The molecule has 0 aliphatic heterocycles. The van der Waals surface area contributed by atoms with E-state index in [4.69, 9.17) is 4.74 Å². The van der Waals surface area contributed by atoms with Crippen LogP contribution >= 0.6 is 0 Å². The van der Waals surface area contributed by atoms with Crippen LogP contribution in [-0.2, 0) is 11.2 Å². The fourth-order valence-electron chi connectivity index (χ4n) is 2.11. The highest BCUT2D eigenvalue weighted by molar-refractivity contribution is 5.62. The molecule has 0 aliphatic carbocycles. The summed E-state index contributed by atoms with van der Waals surface area (Å²) in [6, 6.07) is 10.1. The van der Waals surface area contributed by atoms with Gasteiger partial charge in [-0.25, -0.2) is 9.97 Å². The van der Waals surface area contributed by atoms with Crippen molar-refractivity contribution < 1.29 is 4.74 Å². The van der Waals surface area contributed by atoms with Crippen molar-refractivity contribution in [1.82, 2.24) is 9.97 Å². The minimum atomic E-state index is 0.699. The van der Waals surface area contributed by atoms with Crippen LogP contribution in [0.25, 0.3) is 0 Å². The molecule has 0 fully saturated rings. The number of aryl methyl sites for hydroxylation is 1. The number of anilines is 3. The molecule has 1 heterocycles. The summed E-state index contributed by atoms with van der Waals surface area (Å²) in [5.74, 6) is 2.37. The first-order valence-corrected chi connectivity index (χ1v) is 7.16. The third-order valence-corrected chi connectivity index (χ3v) is 3.05. The number of nitrogens with zero attached hydrogens (tertiary/aromatic N) is 2. The van der Waals surface area contributed by atoms with Gasteiger partial charge in [-0.15, -0.1) is 0 Å². The zero-order chi connectivity index (χ0) is 15.1. The number of para-hydroxylation sites is 1. The van der Waals surface area contributed by atoms with Gasteiger partial charge >= 0.3 is 0 Å². The fourth-order valence-corrected chi connectivity index (χ4v) is 2.11. The molecule has 0 saturated carbocycles. The van der Waals surface area contributed by atoms with Gasteiger partial charge in [0.2, 0.25) is 0 Å². The molecule has 0 amide bonds. The summed E-state index contributed by atoms with van der Waals surface area (Å²) < 4.78 is 5.16. The molecule has 2 aromatic rings. The number of nitrogens with one attached hydrogen (secondary N) is 2. The normalized spacial score (nSPS) is 10.4. The summed E-state index contributed by atoms with van der Waals surface area (Å²) in [4.78, 5) is 8.79. The topological polar surface area (TPSA) is 59.1 Å². The van der Waals surface area contributed by atoms with Crippen LogP contribution in [0.5, 0.6) is 0 Å². The Labute approximate surface area is 125 Å². The third-order valence-electron chi connectivity index (χ3n) is 3.05. The molecule has 1 aromatic carbocycles. The number of benzene rings is 1. The largest absolute Gasteiger partial charge is 0.384 e. The van der Waals surface area contributed by atoms with E-state index < -0.39 is 0 Å². The molecule has 5 nitrogen and oxygen atoms in total. The van der Waals surface area contributed by atoms with Crippen molar-refractivity contribution >= 4 is 17.3 Å². The summed E-state index contributed by atoms with van der Waals surface area (Å²) in [7, 11) is 1.71. The Balaban J connectivity index is 2.21. The number of hydrogen-bond acceptors (Lipinski definition) is 5. The molecule has 21 heavy (non-hydrogen) atoms. The summed E-state index contributed by atoms with van der Waals surface area (Å²) in [6.07, 6.45) is 0.865. The van der Waals surface area contributed by atoms with Crippen molar-refractivity contribution in [2.75, 3.05) is 30.9 Å². The standard InChI is InChI=1S/C16H22N4O/c1-4-17-15-11-16(19-12(2)18-15)20-14-8-6-5-7-13(14)9-10-21-3/h5-8,11H,4,9-10H2,1-3H3,(H2,17,18,19,20). The molecule has 5 heteroatoms. The van der Waals surface area contributed by atoms with Crippen LogP contribution in [0.4, 0.5) is 17.3 Å². The molecule has 0 unspecified atom stereocenters. The Bertz CT molecular complexity index is 586. The molecule has 2 rings (SSSR count). The van der Waals surface area contributed by atoms with Gasteiger partial charge in [0.25, 0.3) is 0 Å². The van der Waals surface area contributed by atoms with Crippen molar-refractivity contribution in [3.05, 3.63) is 41.7 Å². The first-order chi connectivity index (χ1) is 10.2. The van der Waals surface area contributed by atoms with Crippen molar-refractivity contribution in [2.45, 2.75) is 20.3 Å². The van der Waals surface area contributed by atoms with E-state index in [1.165, 1.54) is 5.56 Å². The predicted molar refractivity (Wildman–Crippen MR) is 86.2 cm³/mol. The highest BCUT2D eigenvalue weighted by atomic mass is 16.5. The minimum absolute atomic E-state index is 0.699. The van der Waals surface area contributed by atoms with Crippen LogP contribution in [0.2, 0.25) is 0 Å². The van der Waals surface area contributed by atoms with Crippen molar-refractivity contribution in [2.24, 2.45) is 0 Å². The van der Waals surface area contributed by atoms with Crippen LogP contribution < -0.4 is 10.6 Å². The highest BCUT2D eigenvalue weighted by Crippen LogP contribution is 2.21. The van der Waals surface area contributed by atoms with E-state index in [0.29, 0.717) is 6.61 Å². The Morgan fingerprint density at radius 3 is 2.67 bits per heavy atom. The SMILES string of the molecule is CCNc1cc(Nc2ccccc2CCOC)nc(C)n1. The van der Waals surface area contributed by atoms with Gasteiger partial charge in [0, 0.05) is 25.4 Å². The summed E-state index contributed by atoms with van der Waals surface area (Å²) >= 11 is 0. The average Bonchev–Trinajstić information content (AvgIpc) is 2.46. The van der Waals surface area contributed by atoms with Crippen LogP contribution in [0.1, 0.15) is 18.3 Å². The van der Waals surface area contributed by atoms with E-state index in [1.54, 1.807) is 7.11 Å². The van der Waals surface area contributed by atoms with Gasteiger partial charge in [0.1, 0.15) is 17.5 Å².